The molecular weight excluding hydrogens is 269 g/mol. The van der Waals surface area contributed by atoms with Gasteiger partial charge in [-0.2, -0.15) is 5.10 Å². The summed E-state index contributed by atoms with van der Waals surface area (Å²) in [5.74, 6) is -0.301. The average Bonchev–Trinajstić information content (AvgIpc) is 2.70. The quantitative estimate of drug-likeness (QED) is 0.726. The van der Waals surface area contributed by atoms with Gasteiger partial charge in [-0.3, -0.25) is 14.0 Å². The maximum absolute atomic E-state index is 13.3. The largest absolute Gasteiger partial charge is 0.288 e. The molecule has 0 atom stereocenters. The van der Waals surface area contributed by atoms with Crippen LogP contribution in [-0.2, 0) is 13.6 Å². The number of fused-ring (bicyclic) bond motifs is 1. The SMILES string of the molecule is Cc1cc(=O)n(Cc2cccc(F)c2)c2c1c(C)nn2C. The molecule has 0 N–H and O–H groups in total. The Morgan fingerprint density at radius 1 is 1.24 bits per heavy atom. The number of hydrogen-bond donors (Lipinski definition) is 0. The zero-order chi connectivity index (χ0) is 15.1. The molecule has 0 spiro atoms. The van der Waals surface area contributed by atoms with Gasteiger partial charge in [0, 0.05) is 18.5 Å². The van der Waals surface area contributed by atoms with Crippen molar-refractivity contribution in [1.29, 1.82) is 0 Å². The van der Waals surface area contributed by atoms with Crippen LogP contribution in [0, 0.1) is 19.7 Å². The van der Waals surface area contributed by atoms with Crippen molar-refractivity contribution in [2.24, 2.45) is 7.05 Å². The highest BCUT2D eigenvalue weighted by atomic mass is 19.1. The van der Waals surface area contributed by atoms with E-state index in [1.165, 1.54) is 12.1 Å². The Labute approximate surface area is 121 Å². The number of pyridine rings is 1. The van der Waals surface area contributed by atoms with Crippen LogP contribution in [0.25, 0.3) is 11.0 Å². The molecule has 0 saturated heterocycles. The van der Waals surface area contributed by atoms with Gasteiger partial charge in [-0.15, -0.1) is 0 Å². The maximum Gasteiger partial charge on any atom is 0.252 e. The van der Waals surface area contributed by atoms with Crippen molar-refractivity contribution in [2.75, 3.05) is 0 Å². The highest BCUT2D eigenvalue weighted by molar-refractivity contribution is 5.82. The molecule has 0 bridgehead atoms. The summed E-state index contributed by atoms with van der Waals surface area (Å²) in [6.45, 7) is 4.16. The first kappa shape index (κ1) is 13.5. The lowest BCUT2D eigenvalue weighted by Gasteiger charge is -2.10. The Kier molecular flexibility index (Phi) is 3.12. The normalized spacial score (nSPS) is 11.2. The Morgan fingerprint density at radius 2 is 2.00 bits per heavy atom. The molecule has 3 rings (SSSR count). The second-order valence-electron chi connectivity index (χ2n) is 5.29. The van der Waals surface area contributed by atoms with Crippen molar-refractivity contribution in [3.63, 3.8) is 0 Å². The first-order valence-corrected chi connectivity index (χ1v) is 6.75. The lowest BCUT2D eigenvalue weighted by Crippen LogP contribution is -2.22. The second kappa shape index (κ2) is 4.84. The number of rotatable bonds is 2. The number of aromatic nitrogens is 3. The zero-order valence-corrected chi connectivity index (χ0v) is 12.2. The van der Waals surface area contributed by atoms with Gasteiger partial charge >= 0.3 is 0 Å². The minimum Gasteiger partial charge on any atom is -0.288 e. The summed E-state index contributed by atoms with van der Waals surface area (Å²) in [6.07, 6.45) is 0. The van der Waals surface area contributed by atoms with E-state index in [4.69, 9.17) is 0 Å². The molecule has 2 heterocycles. The van der Waals surface area contributed by atoms with Crippen LogP contribution in [0.3, 0.4) is 0 Å². The van der Waals surface area contributed by atoms with Gasteiger partial charge in [0.15, 0.2) is 0 Å². The van der Waals surface area contributed by atoms with E-state index in [0.29, 0.717) is 6.54 Å². The lowest BCUT2D eigenvalue weighted by atomic mass is 10.1. The van der Waals surface area contributed by atoms with Crippen LogP contribution in [0.1, 0.15) is 16.8 Å². The third-order valence-electron chi connectivity index (χ3n) is 3.68. The Bertz CT molecular complexity index is 892. The van der Waals surface area contributed by atoms with Crippen molar-refractivity contribution >= 4 is 11.0 Å². The Balaban J connectivity index is 2.25. The van der Waals surface area contributed by atoms with Gasteiger partial charge in [0.25, 0.3) is 5.56 Å². The van der Waals surface area contributed by atoms with Crippen LogP contribution < -0.4 is 5.56 Å². The van der Waals surface area contributed by atoms with Crippen LogP contribution >= 0.6 is 0 Å². The summed E-state index contributed by atoms with van der Waals surface area (Å²) in [6, 6.07) is 7.91. The molecule has 0 aliphatic heterocycles. The van der Waals surface area contributed by atoms with Crippen molar-refractivity contribution in [3.8, 4) is 0 Å². The highest BCUT2D eigenvalue weighted by Gasteiger charge is 2.14. The van der Waals surface area contributed by atoms with Crippen molar-refractivity contribution in [3.05, 3.63) is 63.3 Å². The molecule has 0 aliphatic carbocycles. The van der Waals surface area contributed by atoms with Crippen LogP contribution in [-0.4, -0.2) is 14.3 Å². The maximum atomic E-state index is 13.3. The van der Waals surface area contributed by atoms with E-state index in [0.717, 1.165) is 27.9 Å². The third-order valence-corrected chi connectivity index (χ3v) is 3.68. The number of nitrogens with zero attached hydrogens (tertiary/aromatic N) is 3. The standard InChI is InChI=1S/C16H16FN3O/c1-10-7-14(21)20(9-12-5-4-6-13(17)8-12)16-15(10)11(2)18-19(16)3/h4-8H,9H2,1-3H3. The van der Waals surface area contributed by atoms with E-state index in [9.17, 15) is 9.18 Å². The zero-order valence-electron chi connectivity index (χ0n) is 12.2. The van der Waals surface area contributed by atoms with Gasteiger partial charge < -0.3 is 0 Å². The minimum absolute atomic E-state index is 0.104. The fraction of sp³-hybridized carbons (Fsp3) is 0.250. The molecule has 1 aromatic carbocycles. The van der Waals surface area contributed by atoms with Crippen LogP contribution in [0.4, 0.5) is 4.39 Å². The summed E-state index contributed by atoms with van der Waals surface area (Å²) in [7, 11) is 1.82. The van der Waals surface area contributed by atoms with Gasteiger partial charge in [0.05, 0.1) is 12.2 Å². The van der Waals surface area contributed by atoms with Crippen molar-refractivity contribution in [1.82, 2.24) is 14.3 Å². The summed E-state index contributed by atoms with van der Waals surface area (Å²) in [4.78, 5) is 12.3. The first-order valence-electron chi connectivity index (χ1n) is 6.75. The number of hydrogen-bond acceptors (Lipinski definition) is 2. The molecule has 0 fully saturated rings. The topological polar surface area (TPSA) is 39.8 Å². The molecule has 21 heavy (non-hydrogen) atoms. The Hall–Kier alpha value is -2.43. The molecule has 5 heteroatoms. The average molecular weight is 285 g/mol. The fourth-order valence-electron chi connectivity index (χ4n) is 2.83. The monoisotopic (exact) mass is 285 g/mol. The second-order valence-corrected chi connectivity index (χ2v) is 5.29. The number of halogens is 1. The predicted octanol–water partition coefficient (Wildman–Crippen LogP) is 2.54. The van der Waals surface area contributed by atoms with Gasteiger partial charge in [0.2, 0.25) is 0 Å². The molecule has 0 radical (unpaired) electrons. The van der Waals surface area contributed by atoms with E-state index in [2.05, 4.69) is 5.10 Å². The molecule has 108 valence electrons. The minimum atomic E-state index is -0.301. The smallest absolute Gasteiger partial charge is 0.252 e. The Morgan fingerprint density at radius 3 is 2.71 bits per heavy atom. The fourth-order valence-corrected chi connectivity index (χ4v) is 2.83. The summed E-state index contributed by atoms with van der Waals surface area (Å²) >= 11 is 0. The van der Waals surface area contributed by atoms with E-state index in [1.807, 2.05) is 27.0 Å². The number of benzene rings is 1. The van der Waals surface area contributed by atoms with E-state index in [1.54, 1.807) is 21.4 Å². The van der Waals surface area contributed by atoms with Gasteiger partial charge in [-0.25, -0.2) is 4.39 Å². The molecule has 0 unspecified atom stereocenters. The first-order chi connectivity index (χ1) is 9.97. The van der Waals surface area contributed by atoms with Gasteiger partial charge in [-0.1, -0.05) is 12.1 Å². The molecule has 4 nitrogen and oxygen atoms in total. The summed E-state index contributed by atoms with van der Waals surface area (Å²) in [5.41, 5.74) is 3.21. The summed E-state index contributed by atoms with van der Waals surface area (Å²) in [5, 5.41) is 5.37. The van der Waals surface area contributed by atoms with Gasteiger partial charge in [-0.05, 0) is 37.1 Å². The van der Waals surface area contributed by atoms with Crippen LogP contribution in [0.5, 0.6) is 0 Å². The lowest BCUT2D eigenvalue weighted by molar-refractivity contribution is 0.622. The molecular formula is C16H16FN3O. The molecule has 3 aromatic rings. The molecule has 0 amide bonds. The summed E-state index contributed by atoms with van der Waals surface area (Å²) < 4.78 is 16.7. The van der Waals surface area contributed by atoms with Crippen LogP contribution in [0.15, 0.2) is 35.1 Å². The van der Waals surface area contributed by atoms with Gasteiger partial charge in [0.1, 0.15) is 11.5 Å². The number of aryl methyl sites for hydroxylation is 3. The molecule has 0 saturated carbocycles. The molecule has 2 aromatic heterocycles. The van der Waals surface area contributed by atoms with E-state index < -0.39 is 0 Å². The van der Waals surface area contributed by atoms with E-state index in [-0.39, 0.29) is 11.4 Å². The van der Waals surface area contributed by atoms with Crippen LogP contribution in [0.2, 0.25) is 0 Å². The highest BCUT2D eigenvalue weighted by Crippen LogP contribution is 2.20. The van der Waals surface area contributed by atoms with Crippen molar-refractivity contribution in [2.45, 2.75) is 20.4 Å². The van der Waals surface area contributed by atoms with E-state index >= 15 is 0 Å². The predicted molar refractivity (Wildman–Crippen MR) is 80.0 cm³/mol. The molecule has 0 aliphatic rings. The third kappa shape index (κ3) is 2.24. The van der Waals surface area contributed by atoms with Crippen molar-refractivity contribution < 1.29 is 4.39 Å².